The first-order chi connectivity index (χ1) is 11.7. The van der Waals surface area contributed by atoms with Crippen LogP contribution in [-0.2, 0) is 0 Å². The molecule has 0 bridgehead atoms. The normalized spacial score (nSPS) is 13.3. The topological polar surface area (TPSA) is 58.2 Å². The molecule has 24 heavy (non-hydrogen) atoms. The summed E-state index contributed by atoms with van der Waals surface area (Å²) in [4.78, 5) is 14.6. The number of nitrogens with one attached hydrogen (secondary N) is 1. The molecule has 0 unspecified atom stereocenters. The molecule has 1 amide bonds. The highest BCUT2D eigenvalue weighted by Crippen LogP contribution is 2.32. The highest BCUT2D eigenvalue weighted by atomic mass is 35.5. The molecule has 5 nitrogen and oxygen atoms in total. The van der Waals surface area contributed by atoms with Crippen molar-refractivity contribution in [1.29, 1.82) is 0 Å². The molecule has 0 fully saturated rings. The molecule has 0 atom stereocenters. The van der Waals surface area contributed by atoms with E-state index in [1.165, 1.54) is 0 Å². The third kappa shape index (κ3) is 2.53. The quantitative estimate of drug-likeness (QED) is 0.773. The second-order valence-corrected chi connectivity index (χ2v) is 5.83. The lowest BCUT2D eigenvalue weighted by molar-refractivity contribution is 0.0972. The number of aromatic nitrogens is 2. The SMILES string of the molecule is O=C(c1cc(-c2ccccc2Cl)n[nH]1)N1CCOc2ccccc21. The summed E-state index contributed by atoms with van der Waals surface area (Å²) in [6.07, 6.45) is 0. The number of hydrogen-bond donors (Lipinski definition) is 1. The second kappa shape index (κ2) is 6.02. The summed E-state index contributed by atoms with van der Waals surface area (Å²) < 4.78 is 5.59. The molecule has 1 aliphatic rings. The van der Waals surface area contributed by atoms with E-state index in [0.717, 1.165) is 11.3 Å². The van der Waals surface area contributed by atoms with Crippen molar-refractivity contribution in [2.45, 2.75) is 0 Å². The van der Waals surface area contributed by atoms with E-state index in [2.05, 4.69) is 10.2 Å². The first-order valence-electron chi connectivity index (χ1n) is 7.58. The van der Waals surface area contributed by atoms with Crippen LogP contribution in [0.15, 0.2) is 54.6 Å². The number of benzene rings is 2. The van der Waals surface area contributed by atoms with Crippen LogP contribution >= 0.6 is 11.6 Å². The zero-order valence-corrected chi connectivity index (χ0v) is 13.5. The number of aromatic amines is 1. The van der Waals surface area contributed by atoms with Crippen molar-refractivity contribution in [2.75, 3.05) is 18.1 Å². The standard InChI is InChI=1S/C18H14ClN3O2/c19-13-6-2-1-5-12(13)14-11-15(21-20-14)18(23)22-9-10-24-17-8-4-3-7-16(17)22/h1-8,11H,9-10H2,(H,20,21). The second-order valence-electron chi connectivity index (χ2n) is 5.42. The fourth-order valence-corrected chi connectivity index (χ4v) is 3.00. The number of amides is 1. The van der Waals surface area contributed by atoms with Crippen molar-refractivity contribution in [3.05, 3.63) is 65.3 Å². The van der Waals surface area contributed by atoms with Crippen molar-refractivity contribution in [1.82, 2.24) is 10.2 Å². The Bertz CT molecular complexity index is 907. The molecule has 0 spiro atoms. The molecule has 1 N–H and O–H groups in total. The number of rotatable bonds is 2. The van der Waals surface area contributed by atoms with Gasteiger partial charge in [0, 0.05) is 5.56 Å². The van der Waals surface area contributed by atoms with E-state index in [1.54, 1.807) is 17.0 Å². The van der Waals surface area contributed by atoms with E-state index in [0.29, 0.717) is 35.3 Å². The fourth-order valence-electron chi connectivity index (χ4n) is 2.76. The van der Waals surface area contributed by atoms with Crippen molar-refractivity contribution in [3.63, 3.8) is 0 Å². The van der Waals surface area contributed by atoms with Crippen LogP contribution in [0.4, 0.5) is 5.69 Å². The smallest absolute Gasteiger partial charge is 0.276 e. The highest BCUT2D eigenvalue weighted by molar-refractivity contribution is 6.33. The lowest BCUT2D eigenvalue weighted by Crippen LogP contribution is -2.38. The fraction of sp³-hybridized carbons (Fsp3) is 0.111. The molecule has 0 aliphatic carbocycles. The van der Waals surface area contributed by atoms with Crippen molar-refractivity contribution >= 4 is 23.2 Å². The van der Waals surface area contributed by atoms with Crippen molar-refractivity contribution in [3.8, 4) is 17.0 Å². The van der Waals surface area contributed by atoms with Crippen LogP contribution in [0.25, 0.3) is 11.3 Å². The molecule has 3 aromatic rings. The number of nitrogens with zero attached hydrogens (tertiary/aromatic N) is 2. The Hall–Kier alpha value is -2.79. The third-order valence-electron chi connectivity index (χ3n) is 3.93. The average Bonchev–Trinajstić information content (AvgIpc) is 3.11. The predicted molar refractivity (Wildman–Crippen MR) is 92.6 cm³/mol. The minimum absolute atomic E-state index is 0.142. The van der Waals surface area contributed by atoms with Crippen LogP contribution < -0.4 is 9.64 Å². The molecule has 4 rings (SSSR count). The van der Waals surface area contributed by atoms with Gasteiger partial charge >= 0.3 is 0 Å². The van der Waals surface area contributed by atoms with Gasteiger partial charge in [-0.25, -0.2) is 0 Å². The molecule has 0 saturated carbocycles. The van der Waals surface area contributed by atoms with E-state index in [-0.39, 0.29) is 5.91 Å². The summed E-state index contributed by atoms with van der Waals surface area (Å²) in [5.74, 6) is 0.569. The molecule has 0 saturated heterocycles. The summed E-state index contributed by atoms with van der Waals surface area (Å²) in [6, 6.07) is 16.6. The predicted octanol–water partition coefficient (Wildman–Crippen LogP) is 3.77. The van der Waals surface area contributed by atoms with Crippen LogP contribution in [0, 0.1) is 0 Å². The Balaban J connectivity index is 1.66. The minimum atomic E-state index is -0.142. The number of halogens is 1. The Morgan fingerprint density at radius 1 is 1.17 bits per heavy atom. The number of carbonyl (C=O) groups excluding carboxylic acids is 1. The summed E-state index contributed by atoms with van der Waals surface area (Å²) in [7, 11) is 0. The van der Waals surface area contributed by atoms with Gasteiger partial charge < -0.3 is 9.64 Å². The summed E-state index contributed by atoms with van der Waals surface area (Å²) >= 11 is 6.20. The van der Waals surface area contributed by atoms with E-state index < -0.39 is 0 Å². The van der Waals surface area contributed by atoms with Gasteiger partial charge in [-0.3, -0.25) is 9.89 Å². The highest BCUT2D eigenvalue weighted by Gasteiger charge is 2.25. The van der Waals surface area contributed by atoms with E-state index >= 15 is 0 Å². The number of anilines is 1. The van der Waals surface area contributed by atoms with Gasteiger partial charge in [-0.2, -0.15) is 5.10 Å². The summed E-state index contributed by atoms with van der Waals surface area (Å²) in [5.41, 5.74) is 2.62. The molecule has 1 aliphatic heterocycles. The molecular formula is C18H14ClN3O2. The van der Waals surface area contributed by atoms with Gasteiger partial charge in [0.25, 0.3) is 5.91 Å². The Morgan fingerprint density at radius 3 is 2.83 bits per heavy atom. The first-order valence-corrected chi connectivity index (χ1v) is 7.96. The number of hydrogen-bond acceptors (Lipinski definition) is 3. The van der Waals surface area contributed by atoms with E-state index in [9.17, 15) is 4.79 Å². The van der Waals surface area contributed by atoms with Gasteiger partial charge in [-0.05, 0) is 24.3 Å². The molecular weight excluding hydrogens is 326 g/mol. The van der Waals surface area contributed by atoms with Gasteiger partial charge in [0.1, 0.15) is 18.1 Å². The van der Waals surface area contributed by atoms with Gasteiger partial charge in [-0.1, -0.05) is 41.9 Å². The minimum Gasteiger partial charge on any atom is -0.490 e. The Labute approximate surface area is 143 Å². The lowest BCUT2D eigenvalue weighted by atomic mass is 10.1. The van der Waals surface area contributed by atoms with Crippen molar-refractivity contribution in [2.24, 2.45) is 0 Å². The largest absolute Gasteiger partial charge is 0.490 e. The summed E-state index contributed by atoms with van der Waals surface area (Å²) in [5, 5.41) is 7.65. The van der Waals surface area contributed by atoms with E-state index in [4.69, 9.17) is 16.3 Å². The number of para-hydroxylation sites is 2. The van der Waals surface area contributed by atoms with E-state index in [1.807, 2.05) is 42.5 Å². The van der Waals surface area contributed by atoms with Crippen LogP contribution in [-0.4, -0.2) is 29.3 Å². The lowest BCUT2D eigenvalue weighted by Gasteiger charge is -2.28. The number of H-pyrrole nitrogens is 1. The number of carbonyl (C=O) groups is 1. The van der Waals surface area contributed by atoms with Crippen LogP contribution in [0.1, 0.15) is 10.5 Å². The number of fused-ring (bicyclic) bond motifs is 1. The Morgan fingerprint density at radius 2 is 1.96 bits per heavy atom. The maximum atomic E-state index is 12.9. The molecule has 120 valence electrons. The zero-order valence-electron chi connectivity index (χ0n) is 12.7. The maximum absolute atomic E-state index is 12.9. The molecule has 2 aromatic carbocycles. The van der Waals surface area contributed by atoms with Gasteiger partial charge in [0.05, 0.1) is 22.9 Å². The van der Waals surface area contributed by atoms with Gasteiger partial charge in [-0.15, -0.1) is 0 Å². The van der Waals surface area contributed by atoms with Gasteiger partial charge in [0.15, 0.2) is 0 Å². The van der Waals surface area contributed by atoms with Crippen LogP contribution in [0.5, 0.6) is 5.75 Å². The maximum Gasteiger partial charge on any atom is 0.276 e. The molecule has 6 heteroatoms. The molecule has 1 aromatic heterocycles. The molecule has 0 radical (unpaired) electrons. The van der Waals surface area contributed by atoms with Gasteiger partial charge in [0.2, 0.25) is 0 Å². The third-order valence-corrected chi connectivity index (χ3v) is 4.26. The Kier molecular flexibility index (Phi) is 3.70. The first kappa shape index (κ1) is 14.8. The summed E-state index contributed by atoms with van der Waals surface area (Å²) in [6.45, 7) is 0.963. The van der Waals surface area contributed by atoms with Crippen LogP contribution in [0.2, 0.25) is 5.02 Å². The molecule has 2 heterocycles. The number of ether oxygens (including phenoxy) is 1. The zero-order chi connectivity index (χ0) is 16.5. The van der Waals surface area contributed by atoms with Crippen LogP contribution in [0.3, 0.4) is 0 Å². The van der Waals surface area contributed by atoms with Crippen molar-refractivity contribution < 1.29 is 9.53 Å². The average molecular weight is 340 g/mol. The monoisotopic (exact) mass is 339 g/mol.